The summed E-state index contributed by atoms with van der Waals surface area (Å²) in [5.74, 6) is 0. The van der Waals surface area contributed by atoms with E-state index < -0.39 is 0 Å². The molecule has 4 nitrogen and oxygen atoms in total. The fraction of sp³-hybridized carbons (Fsp3) is 0.833. The highest BCUT2D eigenvalue weighted by Crippen LogP contribution is 2.30. The van der Waals surface area contributed by atoms with Gasteiger partial charge in [0.2, 0.25) is 0 Å². The molecule has 0 bridgehead atoms. The van der Waals surface area contributed by atoms with Crippen molar-refractivity contribution in [2.75, 3.05) is 19.8 Å². The zero-order valence-corrected chi connectivity index (χ0v) is 26.5. The number of ether oxygens (including phenoxy) is 4. The summed E-state index contributed by atoms with van der Waals surface area (Å²) in [4.78, 5) is 0. The zero-order valence-electron chi connectivity index (χ0n) is 26.5. The molecular formula is C36H66O4. The summed E-state index contributed by atoms with van der Waals surface area (Å²) >= 11 is 0. The van der Waals surface area contributed by atoms with Gasteiger partial charge in [0.05, 0.1) is 6.10 Å². The molecule has 1 rings (SSSR count). The minimum atomic E-state index is -0.314. The largest absolute Gasteiger partial charge is 0.373 e. The van der Waals surface area contributed by atoms with Gasteiger partial charge >= 0.3 is 0 Å². The standard InChI is InChI=1S/C36H66O4/c1-5-9-12-15-18-21-24-27-30-37-34-33(8-4)40-36(39-32-29-26-23-20-17-14-11-7-3)35(34)38-31-28-25-22-19-16-13-10-6-2/h5-7,33-36H,1-3,8-32H2,4H3/t33-,34?,35+,36-/m1/s1. The molecule has 40 heavy (non-hydrogen) atoms. The van der Waals surface area contributed by atoms with Crippen LogP contribution in [0.1, 0.15) is 148 Å². The van der Waals surface area contributed by atoms with Crippen LogP contribution in [0.3, 0.4) is 0 Å². The van der Waals surface area contributed by atoms with Gasteiger partial charge in [0.1, 0.15) is 12.2 Å². The molecule has 0 amide bonds. The van der Waals surface area contributed by atoms with Gasteiger partial charge < -0.3 is 18.9 Å². The van der Waals surface area contributed by atoms with Crippen LogP contribution in [0.15, 0.2) is 38.0 Å². The average Bonchev–Trinajstić information content (AvgIpc) is 3.30. The summed E-state index contributed by atoms with van der Waals surface area (Å²) in [6.07, 6.45) is 32.3. The van der Waals surface area contributed by atoms with Gasteiger partial charge in [-0.15, -0.1) is 19.7 Å². The van der Waals surface area contributed by atoms with E-state index in [9.17, 15) is 0 Å². The van der Waals surface area contributed by atoms with Crippen molar-refractivity contribution in [1.82, 2.24) is 0 Å². The van der Waals surface area contributed by atoms with Crippen LogP contribution < -0.4 is 0 Å². The fourth-order valence-corrected chi connectivity index (χ4v) is 5.46. The van der Waals surface area contributed by atoms with Crippen LogP contribution in [0, 0.1) is 0 Å². The molecule has 234 valence electrons. The average molecular weight is 563 g/mol. The van der Waals surface area contributed by atoms with E-state index in [1.165, 1.54) is 96.3 Å². The number of unbranched alkanes of at least 4 members (excludes halogenated alkanes) is 18. The molecule has 1 aliphatic heterocycles. The summed E-state index contributed by atoms with van der Waals surface area (Å²) in [6.45, 7) is 15.9. The highest BCUT2D eigenvalue weighted by molar-refractivity contribution is 4.89. The molecule has 0 saturated carbocycles. The van der Waals surface area contributed by atoms with Gasteiger partial charge in [0.15, 0.2) is 6.29 Å². The van der Waals surface area contributed by atoms with Crippen molar-refractivity contribution in [2.24, 2.45) is 0 Å². The third-order valence-electron chi connectivity index (χ3n) is 7.98. The Balaban J connectivity index is 2.42. The fourth-order valence-electron chi connectivity index (χ4n) is 5.46. The molecule has 1 saturated heterocycles. The van der Waals surface area contributed by atoms with Crippen LogP contribution in [-0.2, 0) is 18.9 Å². The van der Waals surface area contributed by atoms with Gasteiger partial charge in [-0.1, -0.05) is 102 Å². The summed E-state index contributed by atoms with van der Waals surface area (Å²) < 4.78 is 25.6. The number of allylic oxidation sites excluding steroid dienone is 3. The first-order valence-corrected chi connectivity index (χ1v) is 17.1. The van der Waals surface area contributed by atoms with Crippen LogP contribution in [0.2, 0.25) is 0 Å². The van der Waals surface area contributed by atoms with E-state index in [0.29, 0.717) is 0 Å². The van der Waals surface area contributed by atoms with Crippen LogP contribution in [-0.4, -0.2) is 44.4 Å². The lowest BCUT2D eigenvalue weighted by molar-refractivity contribution is -0.179. The molecule has 0 aromatic carbocycles. The lowest BCUT2D eigenvalue weighted by Gasteiger charge is -2.25. The molecule has 0 aromatic heterocycles. The highest BCUT2D eigenvalue weighted by atomic mass is 16.7. The van der Waals surface area contributed by atoms with Crippen LogP contribution >= 0.6 is 0 Å². The Morgan fingerprint density at radius 2 is 0.825 bits per heavy atom. The Kier molecular flexibility index (Phi) is 26.1. The topological polar surface area (TPSA) is 36.9 Å². The summed E-state index contributed by atoms with van der Waals surface area (Å²) in [5, 5.41) is 0. The van der Waals surface area contributed by atoms with E-state index in [2.05, 4.69) is 26.7 Å². The Morgan fingerprint density at radius 1 is 0.475 bits per heavy atom. The van der Waals surface area contributed by atoms with Gasteiger partial charge in [0, 0.05) is 19.8 Å². The molecule has 1 aliphatic rings. The molecule has 4 atom stereocenters. The van der Waals surface area contributed by atoms with Gasteiger partial charge in [-0.3, -0.25) is 0 Å². The lowest BCUT2D eigenvalue weighted by atomic mass is 10.1. The maximum absolute atomic E-state index is 6.47. The molecule has 0 aliphatic carbocycles. The number of rotatable bonds is 31. The summed E-state index contributed by atoms with van der Waals surface area (Å²) in [5.41, 5.74) is 0. The second-order valence-corrected chi connectivity index (χ2v) is 11.6. The molecule has 4 heteroatoms. The third-order valence-corrected chi connectivity index (χ3v) is 7.98. The quantitative estimate of drug-likeness (QED) is 0.0622. The molecule has 0 N–H and O–H groups in total. The van der Waals surface area contributed by atoms with Gasteiger partial charge in [-0.2, -0.15) is 0 Å². The first-order chi connectivity index (χ1) is 19.8. The molecule has 0 spiro atoms. The van der Waals surface area contributed by atoms with E-state index in [-0.39, 0.29) is 24.6 Å². The van der Waals surface area contributed by atoms with Crippen molar-refractivity contribution in [3.8, 4) is 0 Å². The van der Waals surface area contributed by atoms with E-state index in [0.717, 1.165) is 64.8 Å². The second kappa shape index (κ2) is 28.2. The molecule has 0 radical (unpaired) electrons. The first-order valence-electron chi connectivity index (χ1n) is 17.1. The smallest absolute Gasteiger partial charge is 0.186 e. The minimum Gasteiger partial charge on any atom is -0.373 e. The van der Waals surface area contributed by atoms with Gasteiger partial charge in [-0.05, 0) is 64.2 Å². The maximum atomic E-state index is 6.47. The normalized spacial score (nSPS) is 20.6. The Labute approximate surface area is 249 Å². The number of hydrogen-bond donors (Lipinski definition) is 0. The monoisotopic (exact) mass is 562 g/mol. The number of hydrogen-bond acceptors (Lipinski definition) is 4. The highest BCUT2D eigenvalue weighted by Gasteiger charge is 2.46. The zero-order chi connectivity index (χ0) is 28.9. The Hall–Kier alpha value is -0.940. The lowest BCUT2D eigenvalue weighted by Crippen LogP contribution is -2.39. The van der Waals surface area contributed by atoms with Crippen molar-refractivity contribution < 1.29 is 18.9 Å². The van der Waals surface area contributed by atoms with Crippen LogP contribution in [0.4, 0.5) is 0 Å². The van der Waals surface area contributed by atoms with E-state index in [1.54, 1.807) is 0 Å². The van der Waals surface area contributed by atoms with Gasteiger partial charge in [0.25, 0.3) is 0 Å². The van der Waals surface area contributed by atoms with Crippen molar-refractivity contribution in [3.63, 3.8) is 0 Å². The predicted molar refractivity (Wildman–Crippen MR) is 172 cm³/mol. The molecule has 1 fully saturated rings. The summed E-state index contributed by atoms with van der Waals surface area (Å²) in [6, 6.07) is 0. The predicted octanol–water partition coefficient (Wildman–Crippen LogP) is 10.7. The SMILES string of the molecule is C=CCCCCCCCCOC1[C@@H](CC)O[C@@H](OCCCCCCCCC=C)[C@H]1OCCCCCCCCC=C. The maximum Gasteiger partial charge on any atom is 0.186 e. The van der Waals surface area contributed by atoms with E-state index in [1.807, 2.05) is 18.2 Å². The Bertz CT molecular complexity index is 577. The van der Waals surface area contributed by atoms with Crippen molar-refractivity contribution in [2.45, 2.75) is 173 Å². The third kappa shape index (κ3) is 19.2. The Morgan fingerprint density at radius 3 is 1.23 bits per heavy atom. The molecular weight excluding hydrogens is 496 g/mol. The molecule has 1 heterocycles. The van der Waals surface area contributed by atoms with Crippen LogP contribution in [0.5, 0.6) is 0 Å². The van der Waals surface area contributed by atoms with Gasteiger partial charge in [-0.25, -0.2) is 0 Å². The van der Waals surface area contributed by atoms with E-state index in [4.69, 9.17) is 18.9 Å². The second-order valence-electron chi connectivity index (χ2n) is 11.6. The first kappa shape index (κ1) is 37.1. The van der Waals surface area contributed by atoms with Crippen molar-refractivity contribution in [1.29, 1.82) is 0 Å². The van der Waals surface area contributed by atoms with Crippen molar-refractivity contribution >= 4 is 0 Å². The molecule has 0 aromatic rings. The van der Waals surface area contributed by atoms with Crippen molar-refractivity contribution in [3.05, 3.63) is 38.0 Å². The summed E-state index contributed by atoms with van der Waals surface area (Å²) in [7, 11) is 0. The van der Waals surface area contributed by atoms with E-state index >= 15 is 0 Å². The minimum absolute atomic E-state index is 0.0358. The molecule has 1 unspecified atom stereocenters. The van der Waals surface area contributed by atoms with Crippen LogP contribution in [0.25, 0.3) is 0 Å².